The average molecular weight is 467 g/mol. The van der Waals surface area contributed by atoms with Crippen molar-refractivity contribution in [2.24, 2.45) is 0 Å². The molecule has 0 fully saturated rings. The van der Waals surface area contributed by atoms with Gasteiger partial charge in [-0.3, -0.25) is 0 Å². The number of allylic oxidation sites excluding steroid dienone is 2. The summed E-state index contributed by atoms with van der Waals surface area (Å²) in [5.41, 5.74) is 19.9. The highest BCUT2D eigenvalue weighted by Gasteiger charge is 2.20. The van der Waals surface area contributed by atoms with Crippen LogP contribution >= 0.6 is 0 Å². The van der Waals surface area contributed by atoms with Gasteiger partial charge in [0, 0.05) is 27.6 Å². The summed E-state index contributed by atoms with van der Waals surface area (Å²) in [6.07, 6.45) is 3.92. The van der Waals surface area contributed by atoms with Gasteiger partial charge >= 0.3 is 0 Å². The molecule has 8 bridgehead atoms. The van der Waals surface area contributed by atoms with Gasteiger partial charge in [0.25, 0.3) is 0 Å². The van der Waals surface area contributed by atoms with E-state index in [0.29, 0.717) is 0 Å². The Morgan fingerprint density at radius 2 is 1.06 bits per heavy atom. The van der Waals surface area contributed by atoms with Crippen molar-refractivity contribution in [2.75, 3.05) is 0 Å². The van der Waals surface area contributed by atoms with Crippen LogP contribution < -0.4 is 0 Å². The van der Waals surface area contributed by atoms with E-state index in [0.717, 1.165) is 42.6 Å². The Hall–Kier alpha value is -3.27. The van der Waals surface area contributed by atoms with Crippen LogP contribution in [0.5, 0.6) is 0 Å². The third-order valence-corrected chi connectivity index (χ3v) is 8.18. The molecule has 4 nitrogen and oxygen atoms in total. The minimum absolute atomic E-state index is 0.962. The maximum absolute atomic E-state index is 5.23. The van der Waals surface area contributed by atoms with Crippen molar-refractivity contribution in [3.05, 3.63) is 63.0 Å². The Kier molecular flexibility index (Phi) is 5.86. The predicted molar refractivity (Wildman–Crippen MR) is 151 cm³/mol. The zero-order valence-corrected chi connectivity index (χ0v) is 22.5. The van der Waals surface area contributed by atoms with E-state index in [1.807, 2.05) is 0 Å². The fourth-order valence-electron chi connectivity index (χ4n) is 6.09. The van der Waals surface area contributed by atoms with Crippen LogP contribution in [0.3, 0.4) is 0 Å². The Bertz CT molecular complexity index is 1620. The fraction of sp³-hybridized carbons (Fsp3) is 0.387. The number of fused-ring (bicyclic) bond motifs is 9. The van der Waals surface area contributed by atoms with Crippen molar-refractivity contribution in [1.82, 2.24) is 19.9 Å². The van der Waals surface area contributed by atoms with Crippen LogP contribution in [-0.4, -0.2) is 19.9 Å². The maximum atomic E-state index is 5.23. The molecule has 4 heteroatoms. The molecule has 0 radical (unpaired) electrons. The molecular weight excluding hydrogens is 428 g/mol. The molecule has 0 amide bonds. The van der Waals surface area contributed by atoms with Gasteiger partial charge in [-0.05, 0) is 116 Å². The Morgan fingerprint density at radius 1 is 0.571 bits per heavy atom. The lowest BCUT2D eigenvalue weighted by Gasteiger charge is -2.01. The molecule has 4 aromatic rings. The van der Waals surface area contributed by atoms with Crippen molar-refractivity contribution in [3.8, 4) is 0 Å². The molecule has 1 aliphatic rings. The Labute approximate surface area is 208 Å². The van der Waals surface area contributed by atoms with Crippen molar-refractivity contribution in [2.45, 2.75) is 81.1 Å². The first kappa shape index (κ1) is 23.5. The first-order chi connectivity index (χ1) is 16.8. The molecule has 4 aromatic heterocycles. The molecule has 0 unspecified atom stereocenters. The third-order valence-electron chi connectivity index (χ3n) is 8.18. The number of hydrogen-bond acceptors (Lipinski definition) is 1. The van der Waals surface area contributed by atoms with E-state index in [9.17, 15) is 0 Å². The highest BCUT2D eigenvalue weighted by atomic mass is 14.8. The van der Waals surface area contributed by atoms with E-state index >= 15 is 0 Å². The van der Waals surface area contributed by atoms with Gasteiger partial charge in [-0.15, -0.1) is 0 Å². The third kappa shape index (κ3) is 3.53. The van der Waals surface area contributed by atoms with Gasteiger partial charge in [0.05, 0.1) is 16.9 Å². The van der Waals surface area contributed by atoms with E-state index in [1.54, 1.807) is 0 Å². The normalized spacial score (nSPS) is 12.9. The summed E-state index contributed by atoms with van der Waals surface area (Å²) in [7, 11) is 0. The molecule has 5 rings (SSSR count). The van der Waals surface area contributed by atoms with Crippen molar-refractivity contribution < 1.29 is 0 Å². The van der Waals surface area contributed by atoms with E-state index in [1.165, 1.54) is 72.1 Å². The number of rotatable bonds is 4. The molecule has 0 aliphatic carbocycles. The van der Waals surface area contributed by atoms with Crippen molar-refractivity contribution in [1.29, 1.82) is 0 Å². The number of nitrogens with one attached hydrogen (secondary N) is 3. The summed E-state index contributed by atoms with van der Waals surface area (Å²) in [6, 6.07) is 6.87. The number of H-pyrrole nitrogens is 3. The quantitative estimate of drug-likeness (QED) is 0.277. The van der Waals surface area contributed by atoms with Crippen LogP contribution in [0.1, 0.15) is 85.8 Å². The van der Waals surface area contributed by atoms with Gasteiger partial charge in [-0.1, -0.05) is 27.7 Å². The zero-order valence-electron chi connectivity index (χ0n) is 22.5. The largest absolute Gasteiger partial charge is 0.355 e. The number of hydrogen-bond donors (Lipinski definition) is 3. The summed E-state index contributed by atoms with van der Waals surface area (Å²) in [5.74, 6) is 0. The first-order valence-electron chi connectivity index (χ1n) is 13.2. The summed E-state index contributed by atoms with van der Waals surface area (Å²) >= 11 is 0. The standard InChI is InChI=1S/C31H38N4/c1-9-20-17(6)25-14-29-22(11-3)19(8)30(35-29)31-23(12-4)18(7)26(34-31)15-28-21(10-2)16(5)24(32-28)13-27(20)33-25/h13-15,32-33,35H,9-12H2,1-8H3. The lowest BCUT2D eigenvalue weighted by Crippen LogP contribution is -1.85. The predicted octanol–water partition coefficient (Wildman–Crippen LogP) is 8.48. The number of nitrogens with zero attached hydrogens (tertiary/aromatic N) is 1. The van der Waals surface area contributed by atoms with E-state index in [-0.39, 0.29) is 0 Å². The second-order valence-electron chi connectivity index (χ2n) is 9.93. The minimum atomic E-state index is 0.962. The molecule has 1 aliphatic heterocycles. The minimum Gasteiger partial charge on any atom is -0.355 e. The number of aromatic amines is 3. The average Bonchev–Trinajstić information content (AvgIpc) is 3.51. The van der Waals surface area contributed by atoms with Gasteiger partial charge < -0.3 is 15.0 Å². The Morgan fingerprint density at radius 3 is 1.57 bits per heavy atom. The van der Waals surface area contributed by atoms with E-state index in [2.05, 4.69) is 88.5 Å². The summed E-state index contributed by atoms with van der Waals surface area (Å²) in [5, 5.41) is 0. The summed E-state index contributed by atoms with van der Waals surface area (Å²) in [4.78, 5) is 16.5. The molecule has 0 saturated carbocycles. The molecule has 0 aromatic carbocycles. The topological polar surface area (TPSA) is 60.3 Å². The van der Waals surface area contributed by atoms with Gasteiger partial charge in [-0.25, -0.2) is 4.98 Å². The van der Waals surface area contributed by atoms with Crippen LogP contribution in [0.15, 0.2) is 18.2 Å². The van der Waals surface area contributed by atoms with Crippen LogP contribution in [-0.2, 0) is 19.3 Å². The number of aromatic nitrogens is 4. The smallest absolute Gasteiger partial charge is 0.0909 e. The molecule has 35 heavy (non-hydrogen) atoms. The lowest BCUT2D eigenvalue weighted by atomic mass is 10.0. The van der Waals surface area contributed by atoms with Crippen LogP contribution in [0.2, 0.25) is 0 Å². The van der Waals surface area contributed by atoms with Gasteiger partial charge in [0.15, 0.2) is 0 Å². The SMILES string of the molecule is CCC1=C(C)c2cc3[nH]c(cc4[nH]c(cc5[nH]c(c1n2)c(C)c5CC)c(C)c4CC)c(C)c3CC. The van der Waals surface area contributed by atoms with Gasteiger partial charge in [0.2, 0.25) is 0 Å². The molecule has 5 heterocycles. The van der Waals surface area contributed by atoms with E-state index in [4.69, 9.17) is 4.98 Å². The highest BCUT2D eigenvalue weighted by molar-refractivity contribution is 5.97. The Balaban J connectivity index is 2.07. The van der Waals surface area contributed by atoms with Crippen molar-refractivity contribution in [3.63, 3.8) is 0 Å². The summed E-state index contributed by atoms with van der Waals surface area (Å²) in [6.45, 7) is 17.9. The number of aryl methyl sites for hydroxylation is 6. The molecule has 0 spiro atoms. The second-order valence-corrected chi connectivity index (χ2v) is 9.93. The van der Waals surface area contributed by atoms with Crippen LogP contribution in [0.4, 0.5) is 0 Å². The van der Waals surface area contributed by atoms with E-state index < -0.39 is 0 Å². The zero-order chi connectivity index (χ0) is 25.0. The van der Waals surface area contributed by atoms with Gasteiger partial charge in [0.1, 0.15) is 0 Å². The maximum Gasteiger partial charge on any atom is 0.0909 e. The molecule has 0 saturated heterocycles. The summed E-state index contributed by atoms with van der Waals surface area (Å²) < 4.78 is 0. The molecular formula is C31H38N4. The van der Waals surface area contributed by atoms with Crippen LogP contribution in [0.25, 0.3) is 44.2 Å². The highest BCUT2D eigenvalue weighted by Crippen LogP contribution is 2.37. The van der Waals surface area contributed by atoms with Crippen LogP contribution in [0, 0.1) is 20.8 Å². The van der Waals surface area contributed by atoms with Crippen molar-refractivity contribution >= 4 is 44.2 Å². The monoisotopic (exact) mass is 466 g/mol. The molecule has 3 N–H and O–H groups in total. The first-order valence-corrected chi connectivity index (χ1v) is 13.2. The van der Waals surface area contributed by atoms with Gasteiger partial charge in [-0.2, -0.15) is 0 Å². The second kappa shape index (κ2) is 8.75. The molecule has 0 atom stereocenters. The lowest BCUT2D eigenvalue weighted by molar-refractivity contribution is 1.14. The fourth-order valence-corrected chi connectivity index (χ4v) is 6.09. The molecule has 182 valence electrons.